The van der Waals surface area contributed by atoms with Crippen molar-refractivity contribution in [2.45, 2.75) is 320 Å². The van der Waals surface area contributed by atoms with Crippen LogP contribution in [-0.4, -0.2) is 98.7 Å². The third-order valence-electron chi connectivity index (χ3n) is 14.0. The van der Waals surface area contributed by atoms with Gasteiger partial charge in [-0.2, -0.15) is 0 Å². The second-order valence-electron chi connectivity index (χ2n) is 20.6. The van der Waals surface area contributed by atoms with Crippen molar-refractivity contribution < 1.29 is 44.9 Å². The number of carbonyl (C=O) groups excluding carboxylic acids is 1. The highest BCUT2D eigenvalue weighted by atomic mass is 16.7. The van der Waals surface area contributed by atoms with Gasteiger partial charge in [-0.15, -0.1) is 0 Å². The second-order valence-corrected chi connectivity index (χ2v) is 20.6. The van der Waals surface area contributed by atoms with Gasteiger partial charge < -0.3 is 45.4 Å². The fraction of sp³-hybridized carbons (Fsp3) is 0.881. The summed E-state index contributed by atoms with van der Waals surface area (Å²) in [6, 6.07) is -0.996. The molecule has 8 unspecified atom stereocenters. The van der Waals surface area contributed by atoms with E-state index in [1.165, 1.54) is 205 Å². The van der Waals surface area contributed by atoms with Gasteiger partial charge in [0.1, 0.15) is 30.5 Å². The van der Waals surface area contributed by atoms with Gasteiger partial charge in [0.15, 0.2) is 6.29 Å². The van der Waals surface area contributed by atoms with Gasteiger partial charge in [0.2, 0.25) is 5.91 Å². The molecule has 1 fully saturated rings. The van der Waals surface area contributed by atoms with E-state index >= 15 is 0 Å². The van der Waals surface area contributed by atoms with Crippen molar-refractivity contribution in [2.24, 2.45) is 0 Å². The third kappa shape index (κ3) is 37.7. The summed E-state index contributed by atoms with van der Waals surface area (Å²) in [6.07, 6.45) is 52.6. The van der Waals surface area contributed by atoms with Crippen LogP contribution in [0.15, 0.2) is 36.5 Å². The Morgan fingerprint density at radius 3 is 1.26 bits per heavy atom. The number of allylic oxidation sites excluding steroid dienone is 5. The maximum Gasteiger partial charge on any atom is 0.249 e. The van der Waals surface area contributed by atoms with E-state index in [0.717, 1.165) is 32.1 Å². The summed E-state index contributed by atoms with van der Waals surface area (Å²) in [4.78, 5) is 13.1. The van der Waals surface area contributed by atoms with Gasteiger partial charge in [-0.05, 0) is 57.8 Å². The molecule has 406 valence electrons. The molecule has 0 aromatic heterocycles. The molecule has 1 aliphatic heterocycles. The Hall–Kier alpha value is -1.63. The van der Waals surface area contributed by atoms with Gasteiger partial charge in [-0.3, -0.25) is 4.79 Å². The zero-order valence-electron chi connectivity index (χ0n) is 44.7. The smallest absolute Gasteiger partial charge is 0.249 e. The minimum Gasteiger partial charge on any atom is -0.394 e. The van der Waals surface area contributed by atoms with Crippen molar-refractivity contribution in [1.29, 1.82) is 0 Å². The Labute approximate surface area is 424 Å². The molecule has 1 amide bonds. The van der Waals surface area contributed by atoms with E-state index in [2.05, 4.69) is 43.5 Å². The van der Waals surface area contributed by atoms with Gasteiger partial charge in [-0.1, -0.05) is 249 Å². The predicted octanol–water partition coefficient (Wildman–Crippen LogP) is 13.3. The highest BCUT2D eigenvalue weighted by Gasteiger charge is 2.44. The molecule has 10 heteroatoms. The molecule has 1 rings (SSSR count). The highest BCUT2D eigenvalue weighted by Crippen LogP contribution is 2.23. The third-order valence-corrected chi connectivity index (χ3v) is 14.0. The van der Waals surface area contributed by atoms with Crippen LogP contribution in [0.1, 0.15) is 271 Å². The topological polar surface area (TPSA) is 169 Å². The first-order chi connectivity index (χ1) is 33.8. The number of ether oxygens (including phenoxy) is 2. The normalized spacial score (nSPS) is 20.1. The average molecular weight is 979 g/mol. The van der Waals surface area contributed by atoms with Gasteiger partial charge in [0.05, 0.1) is 25.4 Å². The molecule has 1 heterocycles. The van der Waals surface area contributed by atoms with Gasteiger partial charge in [-0.25, -0.2) is 0 Å². The Kier molecular flexibility index (Phi) is 46.1. The number of hydrogen-bond donors (Lipinski definition) is 7. The minimum atomic E-state index is -1.62. The lowest BCUT2D eigenvalue weighted by Crippen LogP contribution is -2.60. The van der Waals surface area contributed by atoms with Crippen molar-refractivity contribution >= 4 is 5.91 Å². The summed E-state index contributed by atoms with van der Waals surface area (Å²) in [5, 5.41) is 64.9. The average Bonchev–Trinajstić information content (AvgIpc) is 3.35. The first-order valence-corrected chi connectivity index (χ1v) is 29.3. The number of amides is 1. The second kappa shape index (κ2) is 48.6. The molecule has 0 aromatic carbocycles. The van der Waals surface area contributed by atoms with Crippen molar-refractivity contribution in [1.82, 2.24) is 5.32 Å². The zero-order valence-corrected chi connectivity index (χ0v) is 44.7. The quantitative estimate of drug-likeness (QED) is 0.0232. The molecule has 0 saturated carbocycles. The first kappa shape index (κ1) is 65.4. The molecule has 0 radical (unpaired) electrons. The molecule has 10 nitrogen and oxygen atoms in total. The van der Waals surface area contributed by atoms with E-state index in [0.29, 0.717) is 19.3 Å². The number of aliphatic hydroxyl groups excluding tert-OH is 6. The largest absolute Gasteiger partial charge is 0.394 e. The van der Waals surface area contributed by atoms with Crippen LogP contribution in [-0.2, 0) is 14.3 Å². The number of rotatable bonds is 50. The molecule has 8 atom stereocenters. The summed E-state index contributed by atoms with van der Waals surface area (Å²) in [7, 11) is 0. The van der Waals surface area contributed by atoms with Gasteiger partial charge in [0.25, 0.3) is 0 Å². The summed E-state index contributed by atoms with van der Waals surface area (Å²) in [5.74, 6) is -0.624. The van der Waals surface area contributed by atoms with E-state index in [1.54, 1.807) is 6.08 Å². The maximum absolute atomic E-state index is 13.1. The summed E-state index contributed by atoms with van der Waals surface area (Å²) in [5.41, 5.74) is 0. The molecule has 0 bridgehead atoms. The Balaban J connectivity index is 2.20. The number of unbranched alkanes of at least 4 members (excludes halogenated alkanes) is 35. The summed E-state index contributed by atoms with van der Waals surface area (Å²) < 4.78 is 11.2. The fourth-order valence-electron chi connectivity index (χ4n) is 9.29. The highest BCUT2D eigenvalue weighted by molar-refractivity contribution is 5.80. The van der Waals surface area contributed by atoms with Crippen molar-refractivity contribution in [3.05, 3.63) is 36.5 Å². The van der Waals surface area contributed by atoms with Crippen LogP contribution in [0.5, 0.6) is 0 Å². The lowest BCUT2D eigenvalue weighted by Gasteiger charge is -2.40. The van der Waals surface area contributed by atoms with E-state index in [4.69, 9.17) is 9.47 Å². The van der Waals surface area contributed by atoms with Crippen LogP contribution in [0.3, 0.4) is 0 Å². The molecular weight excluding hydrogens is 867 g/mol. The minimum absolute atomic E-state index is 0.305. The van der Waals surface area contributed by atoms with Crippen molar-refractivity contribution in [3.63, 3.8) is 0 Å². The molecule has 1 aliphatic rings. The van der Waals surface area contributed by atoms with Crippen LogP contribution in [0.2, 0.25) is 0 Å². The van der Waals surface area contributed by atoms with Gasteiger partial charge in [0, 0.05) is 0 Å². The molecule has 0 aromatic rings. The molecule has 0 aliphatic carbocycles. The van der Waals surface area contributed by atoms with E-state index in [9.17, 15) is 35.4 Å². The molecule has 0 spiro atoms. The Bertz CT molecular complexity index is 1200. The Morgan fingerprint density at radius 2 is 0.855 bits per heavy atom. The molecule has 1 saturated heterocycles. The zero-order chi connectivity index (χ0) is 50.3. The fourth-order valence-corrected chi connectivity index (χ4v) is 9.29. The summed E-state index contributed by atoms with van der Waals surface area (Å²) >= 11 is 0. The lowest BCUT2D eigenvalue weighted by atomic mass is 9.99. The van der Waals surface area contributed by atoms with Crippen LogP contribution >= 0.6 is 0 Å². The van der Waals surface area contributed by atoms with Crippen LogP contribution < -0.4 is 5.32 Å². The van der Waals surface area contributed by atoms with E-state index in [-0.39, 0.29) is 6.61 Å². The number of hydrogen-bond acceptors (Lipinski definition) is 9. The van der Waals surface area contributed by atoms with Crippen LogP contribution in [0.25, 0.3) is 0 Å². The molecular formula is C59H111NO9. The first-order valence-electron chi connectivity index (χ1n) is 29.3. The van der Waals surface area contributed by atoms with Crippen LogP contribution in [0, 0.1) is 0 Å². The van der Waals surface area contributed by atoms with E-state index < -0.39 is 61.5 Å². The predicted molar refractivity (Wildman–Crippen MR) is 287 cm³/mol. The van der Waals surface area contributed by atoms with Crippen LogP contribution in [0.4, 0.5) is 0 Å². The number of nitrogens with one attached hydrogen (secondary N) is 1. The monoisotopic (exact) mass is 978 g/mol. The Morgan fingerprint density at radius 1 is 0.493 bits per heavy atom. The standard InChI is InChI=1S/C59H111NO9/c1-3-5-7-9-11-13-15-17-19-20-21-22-23-24-25-26-27-28-29-30-31-32-33-34-36-38-40-42-44-46-48-53(63)58(67)60-51(50-68-59-57(66)56(65)55(64)54(49-61)69-59)52(62)47-45-43-41-39-37-35-18-16-14-12-10-8-6-4-2/h24-25,37,39,45,47,51-57,59,61-66H,3-23,26-36,38,40-44,46,48-50H2,1-2H3,(H,60,67)/b25-24-,39-37+,47-45+. The summed E-state index contributed by atoms with van der Waals surface area (Å²) in [6.45, 7) is 3.61. The number of carbonyl (C=O) groups is 1. The van der Waals surface area contributed by atoms with E-state index in [1.807, 2.05) is 6.08 Å². The molecule has 69 heavy (non-hydrogen) atoms. The SMILES string of the molecule is CCCCCCCCCC/C=C/CC/C=C/C(O)C(COC1OC(CO)C(O)C(O)C1O)NC(=O)C(O)CCCCCCCCCCCCCCCC/C=C\CCCCCCCCCCCCCC. The van der Waals surface area contributed by atoms with Crippen molar-refractivity contribution in [2.75, 3.05) is 13.2 Å². The molecule has 7 N–H and O–H groups in total. The van der Waals surface area contributed by atoms with Crippen molar-refractivity contribution in [3.8, 4) is 0 Å². The number of aliphatic hydroxyl groups is 6. The maximum atomic E-state index is 13.1. The van der Waals surface area contributed by atoms with Gasteiger partial charge >= 0.3 is 0 Å². The lowest BCUT2D eigenvalue weighted by molar-refractivity contribution is -0.302.